The topological polar surface area (TPSA) is 89.4 Å². The summed E-state index contributed by atoms with van der Waals surface area (Å²) in [6.07, 6.45) is 2.54. The lowest BCUT2D eigenvalue weighted by molar-refractivity contribution is -0.137. The van der Waals surface area contributed by atoms with E-state index in [1.165, 1.54) is 0 Å². The fourth-order valence-electron chi connectivity index (χ4n) is 3.68. The van der Waals surface area contributed by atoms with E-state index in [2.05, 4.69) is 15.4 Å². The van der Waals surface area contributed by atoms with Gasteiger partial charge in [-0.25, -0.2) is 9.67 Å². The van der Waals surface area contributed by atoms with Gasteiger partial charge in [-0.2, -0.15) is 0 Å². The first kappa shape index (κ1) is 20.1. The molecule has 0 aromatic carbocycles. The minimum Gasteiger partial charge on any atom is -0.466 e. The molecule has 2 aromatic rings. The molecule has 28 heavy (non-hydrogen) atoms. The molecular weight excluding hydrogens is 358 g/mol. The van der Waals surface area contributed by atoms with Gasteiger partial charge in [0.15, 0.2) is 12.3 Å². The number of aryl methyl sites for hydroxylation is 3. The Kier molecular flexibility index (Phi) is 6.16. The van der Waals surface area contributed by atoms with Crippen LogP contribution in [0.1, 0.15) is 37.4 Å². The summed E-state index contributed by atoms with van der Waals surface area (Å²) in [5.41, 5.74) is 2.67. The smallest absolute Gasteiger partial charge is 0.260 e. The number of rotatable bonds is 6. The summed E-state index contributed by atoms with van der Waals surface area (Å²) < 4.78 is 7.44. The summed E-state index contributed by atoms with van der Waals surface area (Å²) in [7, 11) is 1.81. The lowest BCUT2D eigenvalue weighted by atomic mass is 9.97. The molecule has 0 radical (unpaired) electrons. The zero-order valence-electron chi connectivity index (χ0n) is 17.1. The quantitative estimate of drug-likeness (QED) is 0.815. The molecule has 2 aromatic heterocycles. The molecule has 1 saturated heterocycles. The highest BCUT2D eigenvalue weighted by atomic mass is 16.5. The van der Waals surface area contributed by atoms with Crippen LogP contribution in [0.2, 0.25) is 0 Å². The number of hydrogen-bond donors (Lipinski definition) is 1. The second kappa shape index (κ2) is 8.58. The third-order valence-electron chi connectivity index (χ3n) is 5.11. The number of piperidine rings is 1. The van der Waals surface area contributed by atoms with E-state index in [4.69, 9.17) is 4.74 Å². The first-order valence-corrected chi connectivity index (χ1v) is 9.90. The Balaban J connectivity index is 1.64. The predicted octanol–water partition coefficient (Wildman–Crippen LogP) is 1.73. The van der Waals surface area contributed by atoms with Crippen LogP contribution < -0.4 is 10.1 Å². The molecule has 2 amide bonds. The van der Waals surface area contributed by atoms with E-state index < -0.39 is 0 Å². The van der Waals surface area contributed by atoms with E-state index in [1.54, 1.807) is 9.58 Å². The minimum absolute atomic E-state index is 0.0352. The van der Waals surface area contributed by atoms with Gasteiger partial charge in [-0.1, -0.05) is 6.92 Å². The van der Waals surface area contributed by atoms with Crippen molar-refractivity contribution in [2.45, 2.75) is 40.0 Å². The highest BCUT2D eigenvalue weighted by Crippen LogP contribution is 2.27. The Labute approximate surface area is 165 Å². The zero-order chi connectivity index (χ0) is 20.3. The predicted molar refractivity (Wildman–Crippen MR) is 106 cm³/mol. The molecule has 152 valence electrons. The Hall–Kier alpha value is -2.64. The van der Waals surface area contributed by atoms with Gasteiger partial charge in [-0.15, -0.1) is 5.10 Å². The Morgan fingerprint density at radius 3 is 2.89 bits per heavy atom. The molecule has 1 fully saturated rings. The van der Waals surface area contributed by atoms with E-state index in [9.17, 15) is 9.59 Å². The van der Waals surface area contributed by atoms with E-state index in [1.807, 2.05) is 33.9 Å². The van der Waals surface area contributed by atoms with Crippen LogP contribution in [-0.4, -0.2) is 57.7 Å². The maximum atomic E-state index is 12.7. The number of nitrogens with zero attached hydrogens (tertiary/aromatic N) is 4. The van der Waals surface area contributed by atoms with Crippen molar-refractivity contribution in [1.29, 1.82) is 0 Å². The highest BCUT2D eigenvalue weighted by molar-refractivity contribution is 5.86. The van der Waals surface area contributed by atoms with E-state index in [0.29, 0.717) is 25.5 Å². The first-order valence-electron chi connectivity index (χ1n) is 9.90. The molecule has 1 unspecified atom stereocenters. The molecule has 0 saturated carbocycles. The number of fused-ring (bicyclic) bond motifs is 1. The number of likely N-dealkylation sites (tertiary alicyclic amines) is 1. The van der Waals surface area contributed by atoms with E-state index in [0.717, 1.165) is 41.6 Å². The summed E-state index contributed by atoms with van der Waals surface area (Å²) >= 11 is 0. The number of amides is 2. The van der Waals surface area contributed by atoms with Crippen LogP contribution in [-0.2, 0) is 16.6 Å². The fourth-order valence-corrected chi connectivity index (χ4v) is 3.68. The van der Waals surface area contributed by atoms with Gasteiger partial charge in [0.05, 0.1) is 11.3 Å². The van der Waals surface area contributed by atoms with Crippen molar-refractivity contribution in [2.75, 3.05) is 26.2 Å². The van der Waals surface area contributed by atoms with Crippen LogP contribution in [0.3, 0.4) is 0 Å². The normalized spacial score (nSPS) is 17.0. The van der Waals surface area contributed by atoms with Gasteiger partial charge in [-0.3, -0.25) is 9.59 Å². The number of carbonyl (C=O) groups is 2. The Morgan fingerprint density at radius 2 is 2.14 bits per heavy atom. The van der Waals surface area contributed by atoms with Gasteiger partial charge in [0.25, 0.3) is 5.91 Å². The molecule has 1 aliphatic heterocycles. The van der Waals surface area contributed by atoms with Crippen molar-refractivity contribution in [3.63, 3.8) is 0 Å². The number of nitrogens with one attached hydrogen (secondary N) is 1. The average molecular weight is 387 g/mol. The van der Waals surface area contributed by atoms with Crippen LogP contribution in [0.15, 0.2) is 6.07 Å². The molecular formula is C20H29N5O3. The Morgan fingerprint density at radius 1 is 1.36 bits per heavy atom. The maximum Gasteiger partial charge on any atom is 0.260 e. The van der Waals surface area contributed by atoms with Crippen LogP contribution in [0.4, 0.5) is 0 Å². The summed E-state index contributed by atoms with van der Waals surface area (Å²) in [4.78, 5) is 31.1. The summed E-state index contributed by atoms with van der Waals surface area (Å²) in [6.45, 7) is 7.62. The molecule has 1 aliphatic rings. The lowest BCUT2D eigenvalue weighted by Gasteiger charge is -2.31. The van der Waals surface area contributed by atoms with E-state index in [-0.39, 0.29) is 24.3 Å². The molecule has 1 atom stereocenters. The largest absolute Gasteiger partial charge is 0.466 e. The van der Waals surface area contributed by atoms with Gasteiger partial charge in [0.1, 0.15) is 0 Å². The molecule has 3 heterocycles. The molecule has 0 aliphatic carbocycles. The van der Waals surface area contributed by atoms with E-state index >= 15 is 0 Å². The number of pyridine rings is 1. The second-order valence-corrected chi connectivity index (χ2v) is 7.47. The fraction of sp³-hybridized carbons (Fsp3) is 0.600. The number of aromatic nitrogens is 3. The third-order valence-corrected chi connectivity index (χ3v) is 5.11. The molecule has 0 bridgehead atoms. The SMILES string of the molecule is CCCNC(=O)C1CCCN(C(=O)COc2nn(C)c3nc(C)cc(C)c23)C1. The standard InChI is InChI=1S/C20H29N5O3/c1-5-8-21-19(27)15-7-6-9-25(11-15)16(26)12-28-20-17-13(2)10-14(3)22-18(17)24(4)23-20/h10,15H,5-9,11-12H2,1-4H3,(H,21,27). The van der Waals surface area contributed by atoms with Crippen molar-refractivity contribution in [1.82, 2.24) is 25.0 Å². The minimum atomic E-state index is -0.144. The molecule has 0 spiro atoms. The van der Waals surface area contributed by atoms with Gasteiger partial charge < -0.3 is 15.0 Å². The molecule has 8 heteroatoms. The number of hydrogen-bond acceptors (Lipinski definition) is 5. The number of ether oxygens (including phenoxy) is 1. The first-order chi connectivity index (χ1) is 13.4. The van der Waals surface area contributed by atoms with Crippen LogP contribution in [0.5, 0.6) is 5.88 Å². The van der Waals surface area contributed by atoms with Gasteiger partial charge in [-0.05, 0) is 44.7 Å². The average Bonchev–Trinajstić information content (AvgIpc) is 3.00. The number of carbonyl (C=O) groups excluding carboxylic acids is 2. The molecule has 3 rings (SSSR count). The van der Waals surface area contributed by atoms with Gasteiger partial charge in [0.2, 0.25) is 11.8 Å². The highest BCUT2D eigenvalue weighted by Gasteiger charge is 2.28. The monoisotopic (exact) mass is 387 g/mol. The summed E-state index contributed by atoms with van der Waals surface area (Å²) in [5, 5.41) is 8.14. The van der Waals surface area contributed by atoms with Crippen LogP contribution in [0, 0.1) is 19.8 Å². The summed E-state index contributed by atoms with van der Waals surface area (Å²) in [5.74, 6) is 0.192. The Bertz CT molecular complexity index is 876. The van der Waals surface area contributed by atoms with Crippen molar-refractivity contribution in [3.05, 3.63) is 17.3 Å². The second-order valence-electron chi connectivity index (χ2n) is 7.47. The van der Waals surface area contributed by atoms with Crippen LogP contribution in [0.25, 0.3) is 11.0 Å². The molecule has 8 nitrogen and oxygen atoms in total. The maximum absolute atomic E-state index is 12.7. The summed E-state index contributed by atoms with van der Waals surface area (Å²) in [6, 6.07) is 1.98. The van der Waals surface area contributed by atoms with Crippen LogP contribution >= 0.6 is 0 Å². The van der Waals surface area contributed by atoms with Crippen molar-refractivity contribution >= 4 is 22.8 Å². The van der Waals surface area contributed by atoms with Gasteiger partial charge in [0, 0.05) is 32.4 Å². The van der Waals surface area contributed by atoms with Crippen molar-refractivity contribution < 1.29 is 14.3 Å². The molecule has 1 N–H and O–H groups in total. The van der Waals surface area contributed by atoms with Gasteiger partial charge >= 0.3 is 0 Å². The third kappa shape index (κ3) is 4.26. The van der Waals surface area contributed by atoms with Crippen molar-refractivity contribution in [2.24, 2.45) is 13.0 Å². The van der Waals surface area contributed by atoms with Crippen molar-refractivity contribution in [3.8, 4) is 5.88 Å². The zero-order valence-corrected chi connectivity index (χ0v) is 17.1. The lowest BCUT2D eigenvalue weighted by Crippen LogP contribution is -2.47.